The Morgan fingerprint density at radius 3 is 1.80 bits per heavy atom. The minimum atomic E-state index is -1.98. The summed E-state index contributed by atoms with van der Waals surface area (Å²) in [6.07, 6.45) is -1.98. The van der Waals surface area contributed by atoms with Gasteiger partial charge in [0.25, 0.3) is 6.08 Å². The van der Waals surface area contributed by atoms with Crippen molar-refractivity contribution in [3.8, 4) is 0 Å². The van der Waals surface area contributed by atoms with Crippen molar-refractivity contribution in [3.05, 3.63) is 11.6 Å². The quantitative estimate of drug-likeness (QED) is 0.432. The van der Waals surface area contributed by atoms with Gasteiger partial charge in [-0.25, -0.2) is 0 Å². The predicted molar refractivity (Wildman–Crippen MR) is 14.8 cm³/mol. The van der Waals surface area contributed by atoms with Gasteiger partial charge in [-0.15, -0.1) is 0 Å². The molecule has 0 N–H and O–H groups in total. The molecule has 1 radical (unpaired) electrons. The van der Waals surface area contributed by atoms with Crippen molar-refractivity contribution in [2.45, 2.75) is 0 Å². The van der Waals surface area contributed by atoms with E-state index < -0.39 is 6.08 Å². The Hall–Kier alpha value is -0.110. The summed E-state index contributed by atoms with van der Waals surface area (Å²) < 4.78 is 20.9. The first kappa shape index (κ1) is 4.89. The zero-order valence-electron chi connectivity index (χ0n) is 2.13. The van der Waals surface area contributed by atoms with Crippen molar-refractivity contribution in [1.82, 2.24) is 0 Å². The van der Waals surface area contributed by atoms with Gasteiger partial charge in [-0.05, 0) is 0 Å². The molecule has 0 heterocycles. The number of halogens is 3. The summed E-state index contributed by atoms with van der Waals surface area (Å²) in [6.45, 7) is 0. The van der Waals surface area contributed by atoms with Crippen LogP contribution in [-0.2, 0) is 0 Å². The Balaban J connectivity index is 3.14. The van der Waals surface area contributed by atoms with E-state index in [9.17, 15) is 8.78 Å². The van der Waals surface area contributed by atoms with Gasteiger partial charge in [0.2, 0.25) is 0 Å². The Labute approximate surface area is 33.0 Å². The van der Waals surface area contributed by atoms with Crippen molar-refractivity contribution in [2.24, 2.45) is 0 Å². The molecule has 0 saturated carbocycles. The van der Waals surface area contributed by atoms with E-state index in [-0.39, 0.29) is 0 Å². The van der Waals surface area contributed by atoms with E-state index in [2.05, 4.69) is 11.6 Å². The van der Waals surface area contributed by atoms with Gasteiger partial charge in [0.15, 0.2) is 0 Å². The van der Waals surface area contributed by atoms with Crippen LogP contribution in [0.4, 0.5) is 8.78 Å². The van der Waals surface area contributed by atoms with Crippen molar-refractivity contribution in [2.75, 3.05) is 0 Å². The van der Waals surface area contributed by atoms with Crippen LogP contribution in [0.3, 0.4) is 0 Å². The third-order valence-corrected chi connectivity index (χ3v) is 0.214. The molecule has 0 aliphatic carbocycles. The SMILES string of the molecule is FC(F)=[C]Cl. The molecule has 0 nitrogen and oxygen atoms in total. The highest BCUT2D eigenvalue weighted by molar-refractivity contribution is 6.22. The second-order valence-electron chi connectivity index (χ2n) is 0.355. The van der Waals surface area contributed by atoms with Gasteiger partial charge in [-0.3, -0.25) is 0 Å². The van der Waals surface area contributed by atoms with Gasteiger partial charge >= 0.3 is 0 Å². The predicted octanol–water partition coefficient (Wildman–Crippen LogP) is 1.77. The number of rotatable bonds is 0. The van der Waals surface area contributed by atoms with E-state index >= 15 is 0 Å². The van der Waals surface area contributed by atoms with Crippen molar-refractivity contribution in [1.29, 1.82) is 0 Å². The van der Waals surface area contributed by atoms with Crippen molar-refractivity contribution < 1.29 is 8.78 Å². The fourth-order valence-corrected chi connectivity index (χ4v) is 0. The third-order valence-electron chi connectivity index (χ3n) is 0.0714. The van der Waals surface area contributed by atoms with E-state index in [0.717, 1.165) is 5.54 Å². The zero-order valence-corrected chi connectivity index (χ0v) is 2.89. The molecule has 0 aliphatic rings. The van der Waals surface area contributed by atoms with Crippen LogP contribution in [-0.4, -0.2) is 0 Å². The van der Waals surface area contributed by atoms with Crippen LogP contribution in [0.2, 0.25) is 0 Å². The van der Waals surface area contributed by atoms with E-state index in [0.29, 0.717) is 0 Å². The first-order valence-corrected chi connectivity index (χ1v) is 1.19. The second-order valence-corrected chi connectivity index (χ2v) is 0.544. The van der Waals surface area contributed by atoms with E-state index in [1.165, 1.54) is 0 Å². The molecule has 5 heavy (non-hydrogen) atoms. The third kappa shape index (κ3) is 3.89. The Morgan fingerprint density at radius 1 is 1.60 bits per heavy atom. The lowest BCUT2D eigenvalue weighted by atomic mass is 11.1. The van der Waals surface area contributed by atoms with Gasteiger partial charge in [0.1, 0.15) is 5.54 Å². The lowest BCUT2D eigenvalue weighted by molar-refractivity contribution is 0.420. The molecule has 0 aliphatic heterocycles. The lowest BCUT2D eigenvalue weighted by Gasteiger charge is -1.59. The lowest BCUT2D eigenvalue weighted by Crippen LogP contribution is -1.42. The molecule has 0 atom stereocenters. The highest BCUT2D eigenvalue weighted by Crippen LogP contribution is 1.94. The molecular weight excluding hydrogens is 97.5 g/mol. The fraction of sp³-hybridized carbons (Fsp3) is 0. The first-order valence-electron chi connectivity index (χ1n) is 0.817. The molecule has 0 aromatic carbocycles. The minimum Gasteiger partial charge on any atom is -0.172 e. The average molecular weight is 97.5 g/mol. The summed E-state index contributed by atoms with van der Waals surface area (Å²) in [5.74, 6) is 0. The molecule has 0 amide bonds. The van der Waals surface area contributed by atoms with Gasteiger partial charge in [-0.2, -0.15) is 8.78 Å². The van der Waals surface area contributed by atoms with Crippen LogP contribution in [0.1, 0.15) is 0 Å². The molecule has 0 saturated heterocycles. The summed E-state index contributed by atoms with van der Waals surface area (Å²) in [5, 5.41) is 0. The topological polar surface area (TPSA) is 0 Å². The maximum absolute atomic E-state index is 10.4. The fourth-order valence-electron chi connectivity index (χ4n) is 0. The normalized spacial score (nSPS) is 7.00. The first-order chi connectivity index (χ1) is 2.27. The number of hydrogen-bond acceptors (Lipinski definition) is 0. The van der Waals surface area contributed by atoms with E-state index in [1.807, 2.05) is 0 Å². The second kappa shape index (κ2) is 2.15. The van der Waals surface area contributed by atoms with Crippen LogP contribution in [0.25, 0.3) is 0 Å². The summed E-state index contributed by atoms with van der Waals surface area (Å²) >= 11 is 4.30. The molecule has 0 rings (SSSR count). The zero-order chi connectivity index (χ0) is 4.28. The number of hydrogen-bond donors (Lipinski definition) is 0. The minimum absolute atomic E-state index is 1.08. The summed E-state index contributed by atoms with van der Waals surface area (Å²) in [4.78, 5) is 0. The standard InChI is InChI=1S/C2ClF2/c3-1-2(4)5. The Bertz CT molecular complexity index is 45.6. The highest BCUT2D eigenvalue weighted by atomic mass is 35.5. The maximum atomic E-state index is 10.4. The van der Waals surface area contributed by atoms with Crippen LogP contribution in [0, 0.1) is 5.54 Å². The van der Waals surface area contributed by atoms with Crippen molar-refractivity contribution in [3.63, 3.8) is 0 Å². The Kier molecular flexibility index (Phi) is 2.10. The largest absolute Gasteiger partial charge is 0.290 e. The molecule has 0 unspecified atom stereocenters. The molecule has 0 spiro atoms. The monoisotopic (exact) mass is 97.0 g/mol. The summed E-state index contributed by atoms with van der Waals surface area (Å²) in [6, 6.07) is 0. The van der Waals surface area contributed by atoms with Crippen molar-refractivity contribution >= 4 is 11.6 Å². The Morgan fingerprint density at radius 2 is 1.80 bits per heavy atom. The molecule has 0 aromatic heterocycles. The summed E-state index contributed by atoms with van der Waals surface area (Å²) in [5.41, 5.74) is 1.08. The van der Waals surface area contributed by atoms with Gasteiger partial charge in [0, 0.05) is 0 Å². The molecule has 3 heteroatoms. The smallest absolute Gasteiger partial charge is 0.172 e. The van der Waals surface area contributed by atoms with E-state index in [1.54, 1.807) is 0 Å². The summed E-state index contributed by atoms with van der Waals surface area (Å²) in [7, 11) is 0. The molecule has 0 bridgehead atoms. The van der Waals surface area contributed by atoms with E-state index in [4.69, 9.17) is 0 Å². The molecule has 0 aromatic rings. The molecule has 29 valence electrons. The highest BCUT2D eigenvalue weighted by Gasteiger charge is 1.77. The van der Waals surface area contributed by atoms with Gasteiger partial charge < -0.3 is 0 Å². The van der Waals surface area contributed by atoms with Crippen LogP contribution < -0.4 is 0 Å². The van der Waals surface area contributed by atoms with Crippen LogP contribution in [0.15, 0.2) is 6.08 Å². The van der Waals surface area contributed by atoms with Gasteiger partial charge in [-0.1, -0.05) is 11.6 Å². The molecule has 0 fully saturated rings. The van der Waals surface area contributed by atoms with Crippen LogP contribution in [0.5, 0.6) is 0 Å². The molecular formula is C2ClF2. The van der Waals surface area contributed by atoms with Crippen LogP contribution >= 0.6 is 11.6 Å². The maximum Gasteiger partial charge on any atom is 0.290 e. The van der Waals surface area contributed by atoms with Gasteiger partial charge in [0.05, 0.1) is 0 Å². The average Bonchev–Trinajstić information content (AvgIpc) is 1.38.